The zero-order chi connectivity index (χ0) is 18.0. The van der Waals surface area contributed by atoms with Crippen molar-refractivity contribution in [2.45, 2.75) is 26.3 Å². The molecule has 8 nitrogen and oxygen atoms in total. The number of hydrogen-bond acceptors (Lipinski definition) is 5. The highest BCUT2D eigenvalue weighted by Gasteiger charge is 2.32. The number of nitrogens with zero attached hydrogens (tertiary/aromatic N) is 2. The molecule has 1 atom stereocenters. The molecule has 2 aromatic rings. The van der Waals surface area contributed by atoms with E-state index in [0.717, 1.165) is 11.3 Å². The summed E-state index contributed by atoms with van der Waals surface area (Å²) < 4.78 is 4.82. The Kier molecular flexibility index (Phi) is 4.51. The number of rotatable bonds is 3. The Morgan fingerprint density at radius 1 is 1.24 bits per heavy atom. The molecular weight excluding hydrogens is 324 g/mol. The summed E-state index contributed by atoms with van der Waals surface area (Å²) in [4.78, 5) is 37.7. The molecule has 25 heavy (non-hydrogen) atoms. The molecule has 1 saturated heterocycles. The fourth-order valence-corrected chi connectivity index (χ4v) is 2.70. The van der Waals surface area contributed by atoms with Crippen LogP contribution in [0.5, 0.6) is 0 Å². The molecule has 3 rings (SSSR count). The van der Waals surface area contributed by atoms with Gasteiger partial charge in [-0.15, -0.1) is 0 Å². The zero-order valence-electron chi connectivity index (χ0n) is 13.9. The largest absolute Gasteiger partial charge is 0.360 e. The maximum Gasteiger partial charge on any atom is 0.314 e. The predicted molar refractivity (Wildman–Crippen MR) is 89.9 cm³/mol. The van der Waals surface area contributed by atoms with Gasteiger partial charge in [-0.2, -0.15) is 0 Å². The van der Waals surface area contributed by atoms with Gasteiger partial charge in [0, 0.05) is 24.7 Å². The first-order valence-electron chi connectivity index (χ1n) is 7.84. The number of nitrogens with one attached hydrogen (secondary N) is 2. The van der Waals surface area contributed by atoms with Crippen LogP contribution in [0.15, 0.2) is 34.9 Å². The third-order valence-corrected chi connectivity index (χ3v) is 3.85. The molecule has 2 N–H and O–H groups in total. The lowest BCUT2D eigenvalue weighted by Crippen LogP contribution is -2.43. The second-order valence-electron chi connectivity index (χ2n) is 5.99. The highest BCUT2D eigenvalue weighted by molar-refractivity contribution is 6.39. The van der Waals surface area contributed by atoms with Crippen molar-refractivity contribution in [1.82, 2.24) is 10.5 Å². The summed E-state index contributed by atoms with van der Waals surface area (Å²) in [5.74, 6) is -1.07. The Balaban J connectivity index is 1.59. The lowest BCUT2D eigenvalue weighted by Gasteiger charge is -2.17. The number of aryl methyl sites for hydroxylation is 2. The van der Waals surface area contributed by atoms with Crippen LogP contribution in [0.1, 0.15) is 17.7 Å². The van der Waals surface area contributed by atoms with Crippen molar-refractivity contribution < 1.29 is 18.9 Å². The topological polar surface area (TPSA) is 105 Å². The first-order chi connectivity index (χ1) is 11.9. The summed E-state index contributed by atoms with van der Waals surface area (Å²) in [5, 5.41) is 8.51. The molecule has 1 aromatic carbocycles. The smallest absolute Gasteiger partial charge is 0.314 e. The van der Waals surface area contributed by atoms with Crippen LogP contribution in [0, 0.1) is 13.8 Å². The van der Waals surface area contributed by atoms with E-state index in [-0.39, 0.29) is 18.1 Å². The Morgan fingerprint density at radius 3 is 2.72 bits per heavy atom. The summed E-state index contributed by atoms with van der Waals surface area (Å²) in [5.41, 5.74) is 1.82. The Hall–Kier alpha value is -3.16. The molecule has 1 aliphatic rings. The average molecular weight is 342 g/mol. The predicted octanol–water partition coefficient (Wildman–Crippen LogP) is 1.15. The monoisotopic (exact) mass is 342 g/mol. The van der Waals surface area contributed by atoms with Gasteiger partial charge in [0.05, 0.1) is 6.04 Å². The van der Waals surface area contributed by atoms with Crippen LogP contribution in [0.4, 0.5) is 11.5 Å². The molecule has 3 amide bonds. The summed E-state index contributed by atoms with van der Waals surface area (Å²) in [6.45, 7) is 3.94. The van der Waals surface area contributed by atoms with Crippen LogP contribution in [0.3, 0.4) is 0 Å². The Labute approximate surface area is 144 Å². The molecule has 0 unspecified atom stereocenters. The molecular formula is C17H18N4O4. The number of benzene rings is 1. The fourth-order valence-electron chi connectivity index (χ4n) is 2.70. The molecule has 0 saturated carbocycles. The molecule has 1 fully saturated rings. The van der Waals surface area contributed by atoms with Gasteiger partial charge in [-0.1, -0.05) is 17.3 Å². The first-order valence-corrected chi connectivity index (χ1v) is 7.84. The number of carbonyl (C=O) groups excluding carboxylic acids is 3. The van der Waals surface area contributed by atoms with E-state index in [9.17, 15) is 14.4 Å². The second-order valence-corrected chi connectivity index (χ2v) is 5.99. The van der Waals surface area contributed by atoms with E-state index in [1.54, 1.807) is 11.8 Å². The minimum atomic E-state index is -0.852. The van der Waals surface area contributed by atoms with Crippen molar-refractivity contribution in [3.05, 3.63) is 41.7 Å². The van der Waals surface area contributed by atoms with Gasteiger partial charge in [-0.05, 0) is 31.5 Å². The van der Waals surface area contributed by atoms with E-state index in [4.69, 9.17) is 4.52 Å². The minimum Gasteiger partial charge on any atom is -0.360 e. The highest BCUT2D eigenvalue weighted by atomic mass is 16.5. The molecule has 0 radical (unpaired) electrons. The van der Waals surface area contributed by atoms with Gasteiger partial charge >= 0.3 is 11.8 Å². The Morgan fingerprint density at radius 2 is 2.04 bits per heavy atom. The van der Waals surface area contributed by atoms with Gasteiger partial charge in [0.25, 0.3) is 0 Å². The van der Waals surface area contributed by atoms with Crippen LogP contribution < -0.4 is 15.5 Å². The Bertz CT molecular complexity index is 830. The average Bonchev–Trinajstić information content (AvgIpc) is 3.12. The number of amides is 3. The number of hydrogen-bond donors (Lipinski definition) is 2. The standard InChI is InChI=1S/C17H18N4O4/c1-10-4-3-5-13(6-10)21-9-12(8-15(21)22)18-16(23)17(24)19-14-7-11(2)25-20-14/h3-7,12H,8-9H2,1-2H3,(H,18,23)(H,19,20,24)/t12-/m0/s1. The third kappa shape index (κ3) is 3.85. The molecule has 0 aliphatic carbocycles. The molecule has 2 heterocycles. The van der Waals surface area contributed by atoms with Crippen LogP contribution in [-0.2, 0) is 14.4 Å². The molecule has 0 spiro atoms. The van der Waals surface area contributed by atoms with Gasteiger partial charge in [-0.25, -0.2) is 0 Å². The van der Waals surface area contributed by atoms with Crippen molar-refractivity contribution in [3.8, 4) is 0 Å². The van der Waals surface area contributed by atoms with E-state index in [1.165, 1.54) is 6.07 Å². The minimum absolute atomic E-state index is 0.0940. The SMILES string of the molecule is Cc1cccc(N2C[C@@H](NC(=O)C(=O)Nc3cc(C)on3)CC2=O)c1. The highest BCUT2D eigenvalue weighted by Crippen LogP contribution is 2.22. The van der Waals surface area contributed by atoms with E-state index >= 15 is 0 Å². The van der Waals surface area contributed by atoms with Gasteiger partial charge in [0.15, 0.2) is 5.82 Å². The maximum absolute atomic E-state index is 12.2. The summed E-state index contributed by atoms with van der Waals surface area (Å²) in [6, 6.07) is 8.64. The lowest BCUT2D eigenvalue weighted by atomic mass is 10.2. The lowest BCUT2D eigenvalue weighted by molar-refractivity contribution is -0.136. The number of anilines is 2. The van der Waals surface area contributed by atoms with Crippen LogP contribution in [0.25, 0.3) is 0 Å². The summed E-state index contributed by atoms with van der Waals surface area (Å²) in [6.07, 6.45) is 0.149. The van der Waals surface area contributed by atoms with Crippen LogP contribution >= 0.6 is 0 Å². The van der Waals surface area contributed by atoms with Crippen molar-refractivity contribution in [1.29, 1.82) is 0 Å². The number of carbonyl (C=O) groups is 3. The molecule has 130 valence electrons. The van der Waals surface area contributed by atoms with Crippen LogP contribution in [0.2, 0.25) is 0 Å². The van der Waals surface area contributed by atoms with E-state index < -0.39 is 17.9 Å². The maximum atomic E-state index is 12.2. The number of aromatic nitrogens is 1. The van der Waals surface area contributed by atoms with E-state index in [2.05, 4.69) is 15.8 Å². The van der Waals surface area contributed by atoms with Crippen molar-refractivity contribution >= 4 is 29.2 Å². The van der Waals surface area contributed by atoms with Gasteiger partial charge < -0.3 is 14.7 Å². The zero-order valence-corrected chi connectivity index (χ0v) is 13.9. The molecule has 1 aromatic heterocycles. The molecule has 1 aliphatic heterocycles. The van der Waals surface area contributed by atoms with Crippen molar-refractivity contribution in [3.63, 3.8) is 0 Å². The van der Waals surface area contributed by atoms with Gasteiger partial charge in [0.2, 0.25) is 5.91 Å². The first kappa shape index (κ1) is 16.7. The van der Waals surface area contributed by atoms with Crippen molar-refractivity contribution in [2.75, 3.05) is 16.8 Å². The third-order valence-electron chi connectivity index (χ3n) is 3.85. The van der Waals surface area contributed by atoms with Crippen LogP contribution in [-0.4, -0.2) is 35.5 Å². The fraction of sp³-hybridized carbons (Fsp3) is 0.294. The van der Waals surface area contributed by atoms with Gasteiger partial charge in [-0.3, -0.25) is 19.7 Å². The van der Waals surface area contributed by atoms with E-state index in [1.807, 2.05) is 31.2 Å². The van der Waals surface area contributed by atoms with Gasteiger partial charge in [0.1, 0.15) is 5.76 Å². The quantitative estimate of drug-likeness (QED) is 0.814. The summed E-state index contributed by atoms with van der Waals surface area (Å²) in [7, 11) is 0. The normalized spacial score (nSPS) is 16.8. The van der Waals surface area contributed by atoms with E-state index in [0.29, 0.717) is 12.3 Å². The molecule has 8 heteroatoms. The molecule has 0 bridgehead atoms. The van der Waals surface area contributed by atoms with Crippen molar-refractivity contribution in [2.24, 2.45) is 0 Å². The summed E-state index contributed by atoms with van der Waals surface area (Å²) >= 11 is 0. The second kappa shape index (κ2) is 6.76.